The minimum absolute atomic E-state index is 0. The maximum absolute atomic E-state index is 5.79. The number of aromatic nitrogens is 1. The molecule has 2 heterocycles. The molecular weight excluding hydrogens is 475 g/mol. The van der Waals surface area contributed by atoms with Crippen LogP contribution in [0.3, 0.4) is 0 Å². The van der Waals surface area contributed by atoms with Crippen LogP contribution in [-0.4, -0.2) is 57.0 Å². The number of rotatable bonds is 11. The summed E-state index contributed by atoms with van der Waals surface area (Å²) in [5.41, 5.74) is 1.16. The molecule has 27 heavy (non-hydrogen) atoms. The first kappa shape index (κ1) is 24.6. The predicted octanol–water partition coefficient (Wildman–Crippen LogP) is 3.25. The third-order valence-corrected chi connectivity index (χ3v) is 5.37. The van der Waals surface area contributed by atoms with Crippen LogP contribution in [0.25, 0.3) is 0 Å². The van der Waals surface area contributed by atoms with E-state index in [-0.39, 0.29) is 24.0 Å². The van der Waals surface area contributed by atoms with E-state index in [0.717, 1.165) is 89.8 Å². The number of thiazole rings is 1. The van der Waals surface area contributed by atoms with Crippen LogP contribution >= 0.6 is 35.3 Å². The van der Waals surface area contributed by atoms with Crippen molar-refractivity contribution in [1.82, 2.24) is 15.6 Å². The largest absolute Gasteiger partial charge is 0.381 e. The van der Waals surface area contributed by atoms with Crippen LogP contribution in [0.5, 0.6) is 0 Å². The first-order valence-corrected chi connectivity index (χ1v) is 10.8. The van der Waals surface area contributed by atoms with Gasteiger partial charge in [0.25, 0.3) is 0 Å². The highest BCUT2D eigenvalue weighted by molar-refractivity contribution is 14.0. The molecule has 0 bridgehead atoms. The Balaban J connectivity index is 0.00000364. The summed E-state index contributed by atoms with van der Waals surface area (Å²) in [6, 6.07) is 0. The maximum Gasteiger partial charge on any atom is 0.191 e. The van der Waals surface area contributed by atoms with Crippen molar-refractivity contribution < 1.29 is 9.47 Å². The van der Waals surface area contributed by atoms with Crippen LogP contribution < -0.4 is 10.6 Å². The molecule has 156 valence electrons. The van der Waals surface area contributed by atoms with E-state index in [0.29, 0.717) is 5.92 Å². The van der Waals surface area contributed by atoms with Gasteiger partial charge in [0.1, 0.15) is 0 Å². The molecule has 2 rings (SSSR count). The van der Waals surface area contributed by atoms with Crippen molar-refractivity contribution in [3.8, 4) is 0 Å². The lowest BCUT2D eigenvalue weighted by molar-refractivity contribution is 0.0205. The Morgan fingerprint density at radius 2 is 2.15 bits per heavy atom. The highest BCUT2D eigenvalue weighted by Crippen LogP contribution is 2.14. The summed E-state index contributed by atoms with van der Waals surface area (Å²) < 4.78 is 11.2. The van der Waals surface area contributed by atoms with Crippen molar-refractivity contribution in [1.29, 1.82) is 0 Å². The molecule has 0 amide bonds. The summed E-state index contributed by atoms with van der Waals surface area (Å²) in [6.45, 7) is 10.1. The van der Waals surface area contributed by atoms with E-state index in [4.69, 9.17) is 9.47 Å². The lowest BCUT2D eigenvalue weighted by Crippen LogP contribution is -2.38. The van der Waals surface area contributed by atoms with E-state index in [2.05, 4.69) is 39.8 Å². The molecule has 0 saturated carbocycles. The fourth-order valence-corrected chi connectivity index (χ4v) is 3.58. The summed E-state index contributed by atoms with van der Waals surface area (Å²) >= 11 is 1.74. The molecule has 0 radical (unpaired) electrons. The lowest BCUT2D eigenvalue weighted by Gasteiger charge is -2.21. The normalized spacial score (nSPS) is 15.4. The van der Waals surface area contributed by atoms with Crippen molar-refractivity contribution in [3.63, 3.8) is 0 Å². The molecule has 1 saturated heterocycles. The molecule has 1 aromatic heterocycles. The van der Waals surface area contributed by atoms with Crippen molar-refractivity contribution in [3.05, 3.63) is 16.1 Å². The summed E-state index contributed by atoms with van der Waals surface area (Å²) in [5, 5.41) is 10.0. The van der Waals surface area contributed by atoms with E-state index in [1.54, 1.807) is 11.3 Å². The van der Waals surface area contributed by atoms with Crippen LogP contribution in [0.2, 0.25) is 0 Å². The smallest absolute Gasteiger partial charge is 0.191 e. The van der Waals surface area contributed by atoms with Gasteiger partial charge in [0.15, 0.2) is 5.96 Å². The fraction of sp³-hybridized carbons (Fsp3) is 0.789. The second kappa shape index (κ2) is 15.5. The van der Waals surface area contributed by atoms with Crippen molar-refractivity contribution in [2.75, 3.05) is 46.1 Å². The zero-order valence-corrected chi connectivity index (χ0v) is 19.8. The topological polar surface area (TPSA) is 67.8 Å². The third-order valence-electron chi connectivity index (χ3n) is 4.33. The Morgan fingerprint density at radius 1 is 1.33 bits per heavy atom. The summed E-state index contributed by atoms with van der Waals surface area (Å²) in [7, 11) is 0. The molecule has 0 aliphatic carbocycles. The zero-order chi connectivity index (χ0) is 18.5. The lowest BCUT2D eigenvalue weighted by atomic mass is 10.0. The molecule has 0 atom stereocenters. The van der Waals surface area contributed by atoms with Gasteiger partial charge in [0.2, 0.25) is 0 Å². The molecule has 2 N–H and O–H groups in total. The number of aryl methyl sites for hydroxylation is 1. The van der Waals surface area contributed by atoms with Crippen LogP contribution in [0.4, 0.5) is 0 Å². The Labute approximate surface area is 184 Å². The molecule has 0 unspecified atom stereocenters. The van der Waals surface area contributed by atoms with Crippen molar-refractivity contribution in [2.45, 2.75) is 46.0 Å². The van der Waals surface area contributed by atoms with Gasteiger partial charge < -0.3 is 20.1 Å². The highest BCUT2D eigenvalue weighted by Gasteiger charge is 2.13. The average Bonchev–Trinajstić information content (AvgIpc) is 3.13. The second-order valence-electron chi connectivity index (χ2n) is 6.51. The van der Waals surface area contributed by atoms with Gasteiger partial charge in [-0.25, -0.2) is 4.98 Å². The number of nitrogens with one attached hydrogen (secondary N) is 2. The number of halogens is 1. The Hall–Kier alpha value is -0.450. The number of aliphatic imine (C=N–C) groups is 1. The van der Waals surface area contributed by atoms with Gasteiger partial charge in [-0.2, -0.15) is 0 Å². The molecule has 1 fully saturated rings. The first-order chi connectivity index (χ1) is 12.8. The molecular formula is C19H35IN4O2S. The third kappa shape index (κ3) is 10.6. The number of hydrogen-bond donors (Lipinski definition) is 2. The fourth-order valence-electron chi connectivity index (χ4n) is 2.80. The molecule has 1 aliphatic rings. The van der Waals surface area contributed by atoms with Gasteiger partial charge >= 0.3 is 0 Å². The molecule has 0 aromatic carbocycles. The van der Waals surface area contributed by atoms with Crippen LogP contribution in [-0.2, 0) is 22.3 Å². The van der Waals surface area contributed by atoms with Crippen molar-refractivity contribution >= 4 is 41.3 Å². The monoisotopic (exact) mass is 510 g/mol. The summed E-state index contributed by atoms with van der Waals surface area (Å²) in [6.07, 6.45) is 5.15. The summed E-state index contributed by atoms with van der Waals surface area (Å²) in [5.74, 6) is 1.55. The van der Waals surface area contributed by atoms with Gasteiger partial charge in [-0.3, -0.25) is 4.99 Å². The molecule has 0 spiro atoms. The number of nitrogens with zero attached hydrogens (tertiary/aromatic N) is 2. The minimum atomic E-state index is 0. The van der Waals surface area contributed by atoms with E-state index in [9.17, 15) is 0 Å². The Morgan fingerprint density at radius 3 is 2.85 bits per heavy atom. The van der Waals surface area contributed by atoms with Gasteiger partial charge in [-0.05, 0) is 38.5 Å². The average molecular weight is 510 g/mol. The zero-order valence-electron chi connectivity index (χ0n) is 16.7. The number of ether oxygens (including phenoxy) is 2. The SMILES string of the molecule is CCNC(=NCCCOCC1CCOCC1)NCCc1csc(CC)n1.I. The molecule has 1 aliphatic heterocycles. The van der Waals surface area contributed by atoms with E-state index < -0.39 is 0 Å². The van der Waals surface area contributed by atoms with Crippen LogP contribution in [0, 0.1) is 5.92 Å². The summed E-state index contributed by atoms with van der Waals surface area (Å²) in [4.78, 5) is 9.23. The minimum Gasteiger partial charge on any atom is -0.381 e. The van der Waals surface area contributed by atoms with Gasteiger partial charge in [0.05, 0.1) is 10.7 Å². The maximum atomic E-state index is 5.79. The molecule has 1 aromatic rings. The molecule has 8 heteroatoms. The van der Waals surface area contributed by atoms with E-state index >= 15 is 0 Å². The number of guanidine groups is 1. The Kier molecular flexibility index (Phi) is 14.1. The van der Waals surface area contributed by atoms with E-state index in [1.165, 1.54) is 5.01 Å². The highest BCUT2D eigenvalue weighted by atomic mass is 127. The standard InChI is InChI=1S/C19H34N4O2S.HI/c1-3-18-23-17(15-26-18)6-10-22-19(20-4-2)21-9-5-11-25-14-16-7-12-24-13-8-16;/h15-16H,3-14H2,1-2H3,(H2,20,21,22);1H. The van der Waals surface area contributed by atoms with Gasteiger partial charge in [0, 0.05) is 57.9 Å². The first-order valence-electron chi connectivity index (χ1n) is 9.92. The van der Waals surface area contributed by atoms with E-state index in [1.807, 2.05) is 0 Å². The quantitative estimate of drug-likeness (QED) is 0.207. The van der Waals surface area contributed by atoms with Gasteiger partial charge in [-0.1, -0.05) is 6.92 Å². The van der Waals surface area contributed by atoms with Crippen molar-refractivity contribution in [2.24, 2.45) is 10.9 Å². The van der Waals surface area contributed by atoms with Gasteiger partial charge in [-0.15, -0.1) is 35.3 Å². The second-order valence-corrected chi connectivity index (χ2v) is 7.45. The van der Waals surface area contributed by atoms with Crippen LogP contribution in [0.15, 0.2) is 10.4 Å². The Bertz CT molecular complexity index is 522. The predicted molar refractivity (Wildman–Crippen MR) is 124 cm³/mol. The molecule has 6 nitrogen and oxygen atoms in total. The van der Waals surface area contributed by atoms with Crippen LogP contribution in [0.1, 0.15) is 43.8 Å². The number of hydrogen-bond acceptors (Lipinski definition) is 5.